The van der Waals surface area contributed by atoms with Gasteiger partial charge in [-0.25, -0.2) is 13.4 Å². The van der Waals surface area contributed by atoms with Gasteiger partial charge in [0.05, 0.1) is 23.7 Å². The monoisotopic (exact) mass is 593 g/mol. The number of amides is 1. The molecule has 0 fully saturated rings. The van der Waals surface area contributed by atoms with Crippen molar-refractivity contribution in [2.75, 3.05) is 36.7 Å². The van der Waals surface area contributed by atoms with Crippen molar-refractivity contribution in [3.05, 3.63) is 88.9 Å². The first-order valence-corrected chi connectivity index (χ1v) is 15.8. The van der Waals surface area contributed by atoms with Gasteiger partial charge in [0.15, 0.2) is 15.0 Å². The average Bonchev–Trinajstić information content (AvgIpc) is 3.35. The number of benzene rings is 3. The van der Waals surface area contributed by atoms with Crippen LogP contribution in [0.2, 0.25) is 0 Å². The van der Waals surface area contributed by atoms with E-state index in [4.69, 9.17) is 14.2 Å². The normalized spacial score (nSPS) is 13.8. The van der Waals surface area contributed by atoms with Gasteiger partial charge in [0, 0.05) is 48.5 Å². The second-order valence-electron chi connectivity index (χ2n) is 9.77. The van der Waals surface area contributed by atoms with Crippen molar-refractivity contribution in [3.63, 3.8) is 0 Å². The number of anilines is 2. The highest BCUT2D eigenvalue weighted by atomic mass is 32.2. The van der Waals surface area contributed by atoms with E-state index < -0.39 is 9.84 Å². The Morgan fingerprint density at radius 1 is 1.05 bits per heavy atom. The van der Waals surface area contributed by atoms with Crippen LogP contribution in [0.15, 0.2) is 77.7 Å². The molecule has 11 heteroatoms. The van der Waals surface area contributed by atoms with Crippen LogP contribution in [0.3, 0.4) is 0 Å². The number of nitrogens with one attached hydrogen (secondary N) is 1. The lowest BCUT2D eigenvalue weighted by Gasteiger charge is -2.28. The maximum atomic E-state index is 13.4. The van der Waals surface area contributed by atoms with E-state index in [0.717, 1.165) is 42.0 Å². The third-order valence-corrected chi connectivity index (χ3v) is 8.57. The third-order valence-electron chi connectivity index (χ3n) is 6.44. The summed E-state index contributed by atoms with van der Waals surface area (Å²) in [4.78, 5) is 21.7. The van der Waals surface area contributed by atoms with E-state index in [9.17, 15) is 13.2 Å². The Labute approximate surface area is 243 Å². The van der Waals surface area contributed by atoms with E-state index in [-0.39, 0.29) is 16.9 Å². The van der Waals surface area contributed by atoms with Crippen LogP contribution < -0.4 is 19.7 Å². The molecule has 1 aliphatic heterocycles. The lowest BCUT2D eigenvalue weighted by molar-refractivity contribution is 0.0916. The number of ether oxygens (including phenoxy) is 3. The van der Waals surface area contributed by atoms with Crippen LogP contribution in [-0.4, -0.2) is 51.9 Å². The molecule has 41 heavy (non-hydrogen) atoms. The molecule has 1 amide bonds. The summed E-state index contributed by atoms with van der Waals surface area (Å²) in [5, 5.41) is 3.47. The van der Waals surface area contributed by atoms with Crippen LogP contribution in [0.25, 0.3) is 0 Å². The van der Waals surface area contributed by atoms with Crippen molar-refractivity contribution in [3.8, 4) is 17.2 Å². The Balaban J connectivity index is 1.35. The zero-order valence-electron chi connectivity index (χ0n) is 23.0. The van der Waals surface area contributed by atoms with Gasteiger partial charge in [-0.1, -0.05) is 29.5 Å². The molecule has 3 aromatic carbocycles. The number of hydrogen-bond acceptors (Lipinski definition) is 9. The van der Waals surface area contributed by atoms with Gasteiger partial charge in [0.25, 0.3) is 5.91 Å². The van der Waals surface area contributed by atoms with E-state index in [2.05, 4.69) is 27.3 Å². The summed E-state index contributed by atoms with van der Waals surface area (Å²) in [6.45, 7) is 3.83. The van der Waals surface area contributed by atoms with Gasteiger partial charge in [0.2, 0.25) is 0 Å². The first-order valence-electron chi connectivity index (χ1n) is 13.1. The lowest BCUT2D eigenvalue weighted by atomic mass is 10.1. The minimum Gasteiger partial charge on any atom is -0.488 e. The molecule has 4 aromatic rings. The highest BCUT2D eigenvalue weighted by molar-refractivity contribution is 7.90. The number of thiazole rings is 1. The largest absolute Gasteiger partial charge is 0.488 e. The molecule has 1 aromatic heterocycles. The number of sulfone groups is 1. The summed E-state index contributed by atoms with van der Waals surface area (Å²) in [5.74, 6) is 0.864. The van der Waals surface area contributed by atoms with E-state index in [1.54, 1.807) is 37.4 Å². The van der Waals surface area contributed by atoms with Crippen molar-refractivity contribution in [2.45, 2.75) is 30.9 Å². The molecule has 0 bridgehead atoms. The SMILES string of the molecule is COCC(C)Oc1cc(Oc2ccc(S(C)(=O)=O)cc2)cc(C(=O)Nc2nc3c(s2)CN(c2ccccc2)CC3)c1. The number of carbonyl (C=O) groups is 1. The van der Waals surface area contributed by atoms with Crippen LogP contribution in [0.1, 0.15) is 27.9 Å². The van der Waals surface area contributed by atoms with E-state index >= 15 is 0 Å². The molecule has 214 valence electrons. The van der Waals surface area contributed by atoms with E-state index in [0.29, 0.717) is 34.6 Å². The predicted molar refractivity (Wildman–Crippen MR) is 159 cm³/mol. The Hall–Kier alpha value is -3.93. The quantitative estimate of drug-likeness (QED) is 0.255. The maximum absolute atomic E-state index is 13.4. The predicted octanol–water partition coefficient (Wildman–Crippen LogP) is 5.57. The van der Waals surface area contributed by atoms with Gasteiger partial charge < -0.3 is 19.1 Å². The highest BCUT2D eigenvalue weighted by Crippen LogP contribution is 2.32. The topological polar surface area (TPSA) is 107 Å². The third kappa shape index (κ3) is 7.24. The number of carbonyl (C=O) groups excluding carboxylic acids is 1. The molecule has 0 spiro atoms. The Morgan fingerprint density at radius 3 is 2.49 bits per heavy atom. The van der Waals surface area contributed by atoms with Crippen LogP contribution >= 0.6 is 11.3 Å². The number of aromatic nitrogens is 1. The molecule has 1 N–H and O–H groups in total. The van der Waals surface area contributed by atoms with Crippen LogP contribution in [0.4, 0.5) is 10.8 Å². The molecule has 2 heterocycles. The molecule has 1 unspecified atom stereocenters. The van der Waals surface area contributed by atoms with Crippen molar-refractivity contribution in [2.24, 2.45) is 0 Å². The standard InChI is InChI=1S/C30H31N3O6S2/c1-20(19-37-2)38-24-15-21(16-25(17-24)39-23-9-11-26(12-10-23)41(3,35)36)29(34)32-30-31-27-13-14-33(18-28(27)40-30)22-7-5-4-6-8-22/h4-12,15-17,20H,13-14,18-19H2,1-3H3,(H,31,32,34). The molecule has 0 aliphatic carbocycles. The molecule has 0 saturated heterocycles. The summed E-state index contributed by atoms with van der Waals surface area (Å²) in [5.41, 5.74) is 2.49. The highest BCUT2D eigenvalue weighted by Gasteiger charge is 2.22. The van der Waals surface area contributed by atoms with Crippen LogP contribution in [-0.2, 0) is 27.5 Å². The Morgan fingerprint density at radius 2 is 1.78 bits per heavy atom. The average molecular weight is 594 g/mol. The summed E-state index contributed by atoms with van der Waals surface area (Å²) >= 11 is 1.48. The number of rotatable bonds is 10. The van der Waals surface area contributed by atoms with Gasteiger partial charge in [0.1, 0.15) is 23.4 Å². The molecule has 1 atom stereocenters. The fraction of sp³-hybridized carbons (Fsp3) is 0.267. The number of para-hydroxylation sites is 1. The maximum Gasteiger partial charge on any atom is 0.257 e. The van der Waals surface area contributed by atoms with Crippen molar-refractivity contribution in [1.29, 1.82) is 0 Å². The lowest BCUT2D eigenvalue weighted by Crippen LogP contribution is -2.29. The van der Waals surface area contributed by atoms with Crippen molar-refractivity contribution < 1.29 is 27.4 Å². The number of hydrogen-bond donors (Lipinski definition) is 1. The second-order valence-corrected chi connectivity index (χ2v) is 12.9. The minimum absolute atomic E-state index is 0.188. The van der Waals surface area contributed by atoms with Crippen molar-refractivity contribution >= 4 is 37.9 Å². The van der Waals surface area contributed by atoms with Crippen molar-refractivity contribution in [1.82, 2.24) is 4.98 Å². The Kier molecular flexibility index (Phi) is 8.57. The van der Waals surface area contributed by atoms with Crippen LogP contribution in [0, 0.1) is 0 Å². The first kappa shape index (κ1) is 28.6. The number of fused-ring (bicyclic) bond motifs is 1. The first-order chi connectivity index (χ1) is 19.7. The van der Waals surface area contributed by atoms with E-state index in [1.165, 1.54) is 23.5 Å². The Bertz CT molecular complexity index is 1620. The molecular formula is C30H31N3O6S2. The molecule has 5 rings (SSSR count). The zero-order chi connectivity index (χ0) is 29.0. The van der Waals surface area contributed by atoms with Gasteiger partial charge in [-0.2, -0.15) is 0 Å². The van der Waals surface area contributed by atoms with Gasteiger partial charge in [-0.05, 0) is 55.5 Å². The van der Waals surface area contributed by atoms with E-state index in [1.807, 2.05) is 25.1 Å². The summed E-state index contributed by atoms with van der Waals surface area (Å²) in [6, 6.07) is 21.3. The van der Waals surface area contributed by atoms with Gasteiger partial charge in [-0.3, -0.25) is 10.1 Å². The van der Waals surface area contributed by atoms with Gasteiger partial charge in [-0.15, -0.1) is 0 Å². The summed E-state index contributed by atoms with van der Waals surface area (Å²) in [6.07, 6.45) is 1.68. The molecule has 9 nitrogen and oxygen atoms in total. The molecular weight excluding hydrogens is 562 g/mol. The fourth-order valence-electron chi connectivity index (χ4n) is 4.50. The molecule has 1 aliphatic rings. The zero-order valence-corrected chi connectivity index (χ0v) is 24.6. The molecule has 0 radical (unpaired) electrons. The number of nitrogens with zero attached hydrogens (tertiary/aromatic N) is 2. The summed E-state index contributed by atoms with van der Waals surface area (Å²) in [7, 11) is -1.74. The number of methoxy groups -OCH3 is 1. The van der Waals surface area contributed by atoms with Crippen LogP contribution in [0.5, 0.6) is 17.2 Å². The molecule has 0 saturated carbocycles. The minimum atomic E-state index is -3.33. The summed E-state index contributed by atoms with van der Waals surface area (Å²) < 4.78 is 40.7. The second kappa shape index (κ2) is 12.3. The fourth-order valence-corrected chi connectivity index (χ4v) is 6.15. The smallest absolute Gasteiger partial charge is 0.257 e. The van der Waals surface area contributed by atoms with Gasteiger partial charge >= 0.3 is 0 Å².